The quantitative estimate of drug-likeness (QED) is 0.708. The van der Waals surface area contributed by atoms with Crippen LogP contribution < -0.4 is 5.56 Å². The highest BCUT2D eigenvalue weighted by molar-refractivity contribution is 5.30. The van der Waals surface area contributed by atoms with E-state index in [2.05, 4.69) is 5.10 Å². The van der Waals surface area contributed by atoms with E-state index in [-0.39, 0.29) is 11.4 Å². The number of hydrogen-bond acceptors (Lipinski definition) is 2. The summed E-state index contributed by atoms with van der Waals surface area (Å²) in [4.78, 5) is 11.5. The molecule has 0 aliphatic heterocycles. The molecule has 0 radical (unpaired) electrons. The minimum Gasteiger partial charge on any atom is -0.267 e. The van der Waals surface area contributed by atoms with E-state index < -0.39 is 0 Å². The van der Waals surface area contributed by atoms with E-state index in [0.29, 0.717) is 5.69 Å². The fourth-order valence-electron chi connectivity index (χ4n) is 1.27. The van der Waals surface area contributed by atoms with Gasteiger partial charge >= 0.3 is 0 Å². The van der Waals surface area contributed by atoms with Crippen LogP contribution in [0.4, 0.5) is 4.39 Å². The van der Waals surface area contributed by atoms with Gasteiger partial charge in [0.05, 0.1) is 11.4 Å². The van der Waals surface area contributed by atoms with Crippen molar-refractivity contribution >= 4 is 0 Å². The van der Waals surface area contributed by atoms with Crippen LogP contribution in [0.2, 0.25) is 0 Å². The number of aromatic nitrogens is 2. The first-order valence-electron chi connectivity index (χ1n) is 4.50. The third kappa shape index (κ3) is 1.93. The van der Waals surface area contributed by atoms with Crippen LogP contribution in [0.5, 0.6) is 0 Å². The normalized spacial score (nSPS) is 10.3. The summed E-state index contributed by atoms with van der Waals surface area (Å²) in [5.74, 6) is -0.334. The van der Waals surface area contributed by atoms with E-state index in [1.54, 1.807) is 13.0 Å². The molecule has 1 aromatic heterocycles. The van der Waals surface area contributed by atoms with Gasteiger partial charge in [-0.3, -0.25) is 4.79 Å². The van der Waals surface area contributed by atoms with Crippen molar-refractivity contribution in [2.75, 3.05) is 0 Å². The van der Waals surface area contributed by atoms with Crippen molar-refractivity contribution in [3.05, 3.63) is 58.3 Å². The minimum absolute atomic E-state index is 0.229. The molecule has 0 saturated heterocycles. The van der Waals surface area contributed by atoms with Crippen molar-refractivity contribution < 1.29 is 4.39 Å². The molecule has 15 heavy (non-hydrogen) atoms. The van der Waals surface area contributed by atoms with E-state index in [4.69, 9.17) is 0 Å². The maximum atomic E-state index is 12.7. The lowest BCUT2D eigenvalue weighted by Gasteiger charge is -2.04. The Morgan fingerprint density at radius 2 is 1.80 bits per heavy atom. The summed E-state index contributed by atoms with van der Waals surface area (Å²) in [5, 5.41) is 4.05. The lowest BCUT2D eigenvalue weighted by atomic mass is 10.3. The van der Waals surface area contributed by atoms with E-state index in [1.807, 2.05) is 0 Å². The van der Waals surface area contributed by atoms with Gasteiger partial charge in [-0.1, -0.05) is 0 Å². The predicted octanol–water partition coefficient (Wildman–Crippen LogP) is 1.68. The molecule has 0 atom stereocenters. The van der Waals surface area contributed by atoms with Gasteiger partial charge < -0.3 is 0 Å². The first kappa shape index (κ1) is 9.58. The molecule has 0 amide bonds. The second-order valence-electron chi connectivity index (χ2n) is 3.20. The van der Waals surface area contributed by atoms with Crippen molar-refractivity contribution in [3.63, 3.8) is 0 Å². The fourth-order valence-corrected chi connectivity index (χ4v) is 1.27. The first-order chi connectivity index (χ1) is 7.16. The molecular formula is C11H9FN2O. The largest absolute Gasteiger partial charge is 0.271 e. The zero-order chi connectivity index (χ0) is 10.8. The second-order valence-corrected chi connectivity index (χ2v) is 3.20. The molecule has 0 aliphatic rings. The Labute approximate surface area is 85.8 Å². The summed E-state index contributed by atoms with van der Waals surface area (Å²) in [5.41, 5.74) is 1.07. The van der Waals surface area contributed by atoms with Gasteiger partial charge in [-0.15, -0.1) is 0 Å². The summed E-state index contributed by atoms with van der Waals surface area (Å²) >= 11 is 0. The van der Waals surface area contributed by atoms with Crippen LogP contribution in [-0.2, 0) is 0 Å². The van der Waals surface area contributed by atoms with Gasteiger partial charge in [0.1, 0.15) is 5.82 Å². The molecule has 0 unspecified atom stereocenters. The Balaban J connectivity index is 2.58. The topological polar surface area (TPSA) is 34.9 Å². The minimum atomic E-state index is -0.334. The maximum absolute atomic E-state index is 12.7. The molecule has 0 N–H and O–H groups in total. The van der Waals surface area contributed by atoms with E-state index in [9.17, 15) is 9.18 Å². The van der Waals surface area contributed by atoms with Crippen LogP contribution in [0.3, 0.4) is 0 Å². The summed E-state index contributed by atoms with van der Waals surface area (Å²) in [6.45, 7) is 1.79. The lowest BCUT2D eigenvalue weighted by molar-refractivity contribution is 0.626. The number of halogens is 1. The van der Waals surface area contributed by atoms with Gasteiger partial charge in [0.15, 0.2) is 0 Å². The summed E-state index contributed by atoms with van der Waals surface area (Å²) in [6, 6.07) is 8.71. The maximum Gasteiger partial charge on any atom is 0.271 e. The third-order valence-corrected chi connectivity index (χ3v) is 2.00. The highest BCUT2D eigenvalue weighted by atomic mass is 19.1. The highest BCUT2D eigenvalue weighted by Crippen LogP contribution is 2.05. The number of benzene rings is 1. The highest BCUT2D eigenvalue weighted by Gasteiger charge is 2.00. The Kier molecular flexibility index (Phi) is 2.33. The zero-order valence-corrected chi connectivity index (χ0v) is 8.14. The van der Waals surface area contributed by atoms with E-state index in [1.165, 1.54) is 35.0 Å². The monoisotopic (exact) mass is 204 g/mol. The number of hydrogen-bond donors (Lipinski definition) is 0. The van der Waals surface area contributed by atoms with Crippen LogP contribution >= 0.6 is 0 Å². The molecular weight excluding hydrogens is 195 g/mol. The van der Waals surface area contributed by atoms with Gasteiger partial charge in [0, 0.05) is 6.07 Å². The first-order valence-corrected chi connectivity index (χ1v) is 4.50. The van der Waals surface area contributed by atoms with E-state index >= 15 is 0 Å². The van der Waals surface area contributed by atoms with Crippen LogP contribution in [0.1, 0.15) is 5.69 Å². The average molecular weight is 204 g/mol. The zero-order valence-electron chi connectivity index (χ0n) is 8.14. The molecule has 3 nitrogen and oxygen atoms in total. The smallest absolute Gasteiger partial charge is 0.267 e. The van der Waals surface area contributed by atoms with Crippen LogP contribution in [0.15, 0.2) is 41.2 Å². The van der Waals surface area contributed by atoms with Crippen molar-refractivity contribution in [2.45, 2.75) is 6.92 Å². The number of nitrogens with zero attached hydrogens (tertiary/aromatic N) is 2. The SMILES string of the molecule is Cc1ccc(=O)n(-c2ccc(F)cc2)n1. The van der Waals surface area contributed by atoms with Crippen LogP contribution in [0, 0.1) is 12.7 Å². The second kappa shape index (κ2) is 3.65. The Morgan fingerprint density at radius 1 is 1.13 bits per heavy atom. The summed E-state index contributed by atoms with van der Waals surface area (Å²) in [7, 11) is 0. The molecule has 0 spiro atoms. The average Bonchev–Trinajstić information content (AvgIpc) is 2.23. The Bertz CT molecular complexity index is 531. The van der Waals surface area contributed by atoms with Crippen molar-refractivity contribution in [1.82, 2.24) is 9.78 Å². The van der Waals surface area contributed by atoms with Crippen molar-refractivity contribution in [3.8, 4) is 5.69 Å². The van der Waals surface area contributed by atoms with Crippen molar-refractivity contribution in [2.24, 2.45) is 0 Å². The van der Waals surface area contributed by atoms with Crippen LogP contribution in [0.25, 0.3) is 5.69 Å². The van der Waals surface area contributed by atoms with Gasteiger partial charge in [0.25, 0.3) is 5.56 Å². The molecule has 0 saturated carbocycles. The van der Waals surface area contributed by atoms with E-state index in [0.717, 1.165) is 5.69 Å². The number of rotatable bonds is 1. The van der Waals surface area contributed by atoms with Crippen LogP contribution in [-0.4, -0.2) is 9.78 Å². The molecule has 2 rings (SSSR count). The molecule has 2 aromatic rings. The standard InChI is InChI=1S/C11H9FN2O/c1-8-2-7-11(15)14(13-8)10-5-3-9(12)4-6-10/h2-7H,1H3. The van der Waals surface area contributed by atoms with Gasteiger partial charge in [-0.25, -0.2) is 4.39 Å². The lowest BCUT2D eigenvalue weighted by Crippen LogP contribution is -2.20. The predicted molar refractivity (Wildman–Crippen MR) is 54.5 cm³/mol. The summed E-state index contributed by atoms with van der Waals surface area (Å²) in [6.07, 6.45) is 0. The molecule has 0 aliphatic carbocycles. The molecule has 0 bridgehead atoms. The molecule has 1 heterocycles. The Hall–Kier alpha value is -1.97. The third-order valence-electron chi connectivity index (χ3n) is 2.00. The van der Waals surface area contributed by atoms with Crippen molar-refractivity contribution in [1.29, 1.82) is 0 Å². The molecule has 1 aromatic carbocycles. The van der Waals surface area contributed by atoms with Gasteiger partial charge in [0.2, 0.25) is 0 Å². The summed E-state index contributed by atoms with van der Waals surface area (Å²) < 4.78 is 13.9. The Morgan fingerprint density at radius 3 is 2.47 bits per heavy atom. The van der Waals surface area contributed by atoms with Gasteiger partial charge in [-0.05, 0) is 37.3 Å². The number of aryl methyl sites for hydroxylation is 1. The molecule has 4 heteroatoms. The molecule has 76 valence electrons. The van der Waals surface area contributed by atoms with Gasteiger partial charge in [-0.2, -0.15) is 9.78 Å². The molecule has 0 fully saturated rings. The fraction of sp³-hybridized carbons (Fsp3) is 0.0909.